The van der Waals surface area contributed by atoms with Gasteiger partial charge < -0.3 is 9.47 Å². The number of benzene rings is 3. The molecule has 0 fully saturated rings. The van der Waals surface area contributed by atoms with Crippen LogP contribution in [0.5, 0.6) is 17.2 Å². The smallest absolute Gasteiger partial charge is 0.192 e. The van der Waals surface area contributed by atoms with E-state index < -0.39 is 0 Å². The molecule has 3 aromatic rings. The largest absolute Gasteiger partial charge is 0.487 e. The van der Waals surface area contributed by atoms with Crippen LogP contribution in [0.1, 0.15) is 46.5 Å². The minimum atomic E-state index is -0.163. The third kappa shape index (κ3) is 6.45. The molecule has 3 nitrogen and oxygen atoms in total. The summed E-state index contributed by atoms with van der Waals surface area (Å²) in [5.74, 6) is 2.27. The summed E-state index contributed by atoms with van der Waals surface area (Å²) >= 11 is 0. The Morgan fingerprint density at radius 2 is 1.30 bits per heavy atom. The normalized spacial score (nSPS) is 12.6. The molecule has 3 heteroatoms. The van der Waals surface area contributed by atoms with Gasteiger partial charge in [0.15, 0.2) is 5.78 Å². The van der Waals surface area contributed by atoms with Crippen LogP contribution < -0.4 is 9.47 Å². The molecule has 0 spiro atoms. The van der Waals surface area contributed by atoms with Crippen molar-refractivity contribution in [3.05, 3.63) is 112 Å². The van der Waals surface area contributed by atoms with Crippen molar-refractivity contribution in [2.75, 3.05) is 0 Å². The average Bonchev–Trinajstić information content (AvgIpc) is 2.79. The van der Waals surface area contributed by atoms with E-state index >= 15 is 0 Å². The molecule has 0 heterocycles. The predicted octanol–water partition coefficient (Wildman–Crippen LogP) is 7.87. The maximum atomic E-state index is 13.0. The molecule has 0 aliphatic heterocycles. The maximum Gasteiger partial charge on any atom is 0.192 e. The second-order valence-corrected chi connectivity index (χ2v) is 8.37. The molecule has 0 aliphatic rings. The number of carbonyl (C=O) groups excluding carboxylic acids is 1. The number of hydrogen-bond acceptors (Lipinski definition) is 3. The Hall–Kier alpha value is -3.59. The zero-order valence-corrected chi connectivity index (χ0v) is 20.3. The van der Waals surface area contributed by atoms with Gasteiger partial charge in [-0.25, -0.2) is 0 Å². The van der Waals surface area contributed by atoms with Crippen LogP contribution in [0.4, 0.5) is 0 Å². The van der Waals surface area contributed by atoms with Gasteiger partial charge in [-0.1, -0.05) is 24.3 Å². The number of allylic oxidation sites excluding steroid dienone is 3. The van der Waals surface area contributed by atoms with E-state index in [1.54, 1.807) is 12.1 Å². The van der Waals surface area contributed by atoms with Gasteiger partial charge >= 0.3 is 0 Å². The van der Waals surface area contributed by atoms with Crippen molar-refractivity contribution < 1.29 is 14.3 Å². The summed E-state index contributed by atoms with van der Waals surface area (Å²) in [6, 6.07) is 19.3. The number of Topliss-reactive ketones (excluding diaryl/α,β-unsaturated/α-hetero) is 1. The summed E-state index contributed by atoms with van der Waals surface area (Å²) in [6.45, 7) is 12.1. The van der Waals surface area contributed by atoms with Gasteiger partial charge in [0.2, 0.25) is 0 Å². The van der Waals surface area contributed by atoms with Crippen molar-refractivity contribution in [3.63, 3.8) is 0 Å². The van der Waals surface area contributed by atoms with Crippen molar-refractivity contribution in [1.82, 2.24) is 0 Å². The van der Waals surface area contributed by atoms with Crippen LogP contribution in [0.15, 0.2) is 84.5 Å². The molecule has 0 radical (unpaired) electrons. The topological polar surface area (TPSA) is 35.5 Å². The summed E-state index contributed by atoms with van der Waals surface area (Å²) in [5, 5.41) is 0. The second-order valence-electron chi connectivity index (χ2n) is 8.37. The number of ether oxygens (including phenoxy) is 2. The molecule has 0 amide bonds. The van der Waals surface area contributed by atoms with E-state index in [1.807, 2.05) is 74.5 Å². The maximum absolute atomic E-state index is 13.0. The van der Waals surface area contributed by atoms with Gasteiger partial charge in [-0.2, -0.15) is 0 Å². The Morgan fingerprint density at radius 1 is 0.758 bits per heavy atom. The molecule has 0 saturated heterocycles. The van der Waals surface area contributed by atoms with Crippen LogP contribution in [0.25, 0.3) is 0 Å². The van der Waals surface area contributed by atoms with E-state index in [0.717, 1.165) is 11.5 Å². The zero-order chi connectivity index (χ0) is 24.0. The zero-order valence-electron chi connectivity index (χ0n) is 20.3. The Kier molecular flexibility index (Phi) is 7.89. The quantitative estimate of drug-likeness (QED) is 0.203. The van der Waals surface area contributed by atoms with Crippen LogP contribution in [0.2, 0.25) is 0 Å². The van der Waals surface area contributed by atoms with E-state index in [4.69, 9.17) is 9.47 Å². The summed E-state index contributed by atoms with van der Waals surface area (Å²) in [5.41, 5.74) is 6.07. The molecular weight excluding hydrogens is 408 g/mol. The highest BCUT2D eigenvalue weighted by atomic mass is 16.5. The van der Waals surface area contributed by atoms with Gasteiger partial charge in [0.05, 0.1) is 0 Å². The summed E-state index contributed by atoms with van der Waals surface area (Å²) < 4.78 is 11.9. The monoisotopic (exact) mass is 440 g/mol. The summed E-state index contributed by atoms with van der Waals surface area (Å²) in [4.78, 5) is 13.0. The van der Waals surface area contributed by atoms with E-state index in [2.05, 4.69) is 33.8 Å². The lowest BCUT2D eigenvalue weighted by molar-refractivity contribution is 0.103. The lowest BCUT2D eigenvalue weighted by atomic mass is 10.0. The highest BCUT2D eigenvalue weighted by Gasteiger charge is 2.11. The fraction of sp³-hybridized carbons (Fsp3) is 0.233. The van der Waals surface area contributed by atoms with Crippen molar-refractivity contribution in [2.45, 2.75) is 47.6 Å². The molecule has 33 heavy (non-hydrogen) atoms. The molecule has 3 aromatic carbocycles. The van der Waals surface area contributed by atoms with Gasteiger partial charge in [0.1, 0.15) is 23.4 Å². The highest BCUT2D eigenvalue weighted by Crippen LogP contribution is 2.25. The molecule has 0 aliphatic carbocycles. The first kappa shape index (κ1) is 24.1. The minimum Gasteiger partial charge on any atom is -0.487 e. The first-order valence-corrected chi connectivity index (χ1v) is 11.2. The first-order valence-electron chi connectivity index (χ1n) is 11.2. The Morgan fingerprint density at radius 3 is 1.88 bits per heavy atom. The molecule has 0 N–H and O–H groups in total. The number of aryl methyl sites for hydroxylation is 4. The Balaban J connectivity index is 1.64. The van der Waals surface area contributed by atoms with Crippen LogP contribution in [-0.4, -0.2) is 11.9 Å². The van der Waals surface area contributed by atoms with Crippen LogP contribution in [0, 0.1) is 27.7 Å². The third-order valence-electron chi connectivity index (χ3n) is 5.75. The molecule has 3 rings (SSSR count). The Labute approximate surface area is 197 Å². The van der Waals surface area contributed by atoms with Crippen molar-refractivity contribution in [3.8, 4) is 17.2 Å². The van der Waals surface area contributed by atoms with Crippen LogP contribution in [0.3, 0.4) is 0 Å². The van der Waals surface area contributed by atoms with Gasteiger partial charge in [0, 0.05) is 11.1 Å². The molecule has 0 saturated carbocycles. The second kappa shape index (κ2) is 10.8. The number of ketones is 1. The van der Waals surface area contributed by atoms with E-state index in [0.29, 0.717) is 16.9 Å². The van der Waals surface area contributed by atoms with E-state index in [-0.39, 0.29) is 11.9 Å². The number of hydrogen-bond donors (Lipinski definition) is 0. The first-order chi connectivity index (χ1) is 15.8. The third-order valence-corrected chi connectivity index (χ3v) is 5.75. The van der Waals surface area contributed by atoms with Crippen molar-refractivity contribution >= 4 is 5.78 Å². The van der Waals surface area contributed by atoms with E-state index in [1.165, 1.54) is 22.3 Å². The van der Waals surface area contributed by atoms with Gasteiger partial charge in [-0.15, -0.1) is 0 Å². The number of rotatable bonds is 8. The molecule has 1 unspecified atom stereocenters. The van der Waals surface area contributed by atoms with Crippen molar-refractivity contribution in [1.29, 1.82) is 0 Å². The average molecular weight is 441 g/mol. The lowest BCUT2D eigenvalue weighted by Crippen LogP contribution is -2.09. The lowest BCUT2D eigenvalue weighted by Gasteiger charge is -2.12. The molecular formula is C30H32O3. The molecule has 0 bridgehead atoms. The predicted molar refractivity (Wildman–Crippen MR) is 136 cm³/mol. The van der Waals surface area contributed by atoms with Crippen LogP contribution in [-0.2, 0) is 0 Å². The highest BCUT2D eigenvalue weighted by molar-refractivity contribution is 6.10. The van der Waals surface area contributed by atoms with Crippen molar-refractivity contribution in [2.24, 2.45) is 0 Å². The standard InChI is InChI=1S/C30H32O3/c1-7-25(11-10-24(6)32-28-14-8-20(2)22(4)18-28)30(31)26-12-16-27(17-13-26)33-29-15-9-21(3)23(5)19-29/h7-19,24H,1-6H3/b11-10-,25-7+. The SMILES string of the molecule is C/C=C(\C=C/C(C)Oc1ccc(C)c(C)c1)C(=O)c1ccc(Oc2ccc(C)c(C)c2)cc1. The molecule has 1 atom stereocenters. The summed E-state index contributed by atoms with van der Waals surface area (Å²) in [6.07, 6.45) is 5.39. The van der Waals surface area contributed by atoms with Crippen LogP contribution >= 0.6 is 0 Å². The summed E-state index contributed by atoms with van der Waals surface area (Å²) in [7, 11) is 0. The minimum absolute atomic E-state index is 0.0372. The van der Waals surface area contributed by atoms with Gasteiger partial charge in [-0.05, 0) is 118 Å². The van der Waals surface area contributed by atoms with Gasteiger partial charge in [-0.3, -0.25) is 4.79 Å². The number of carbonyl (C=O) groups is 1. The van der Waals surface area contributed by atoms with E-state index in [9.17, 15) is 4.79 Å². The fourth-order valence-electron chi connectivity index (χ4n) is 3.34. The fourth-order valence-corrected chi connectivity index (χ4v) is 3.34. The molecule has 0 aromatic heterocycles. The van der Waals surface area contributed by atoms with Gasteiger partial charge in [0.25, 0.3) is 0 Å². The Bertz CT molecular complexity index is 1180. The molecule has 170 valence electrons.